The van der Waals surface area contributed by atoms with Crippen LogP contribution >= 0.6 is 22.9 Å². The molecule has 0 fully saturated rings. The van der Waals surface area contributed by atoms with Gasteiger partial charge in [-0.25, -0.2) is 0 Å². The first-order valence-corrected chi connectivity index (χ1v) is 10.8. The number of aromatic amines is 1. The largest absolute Gasteiger partial charge is 0.354 e. The van der Waals surface area contributed by atoms with Crippen molar-refractivity contribution in [3.63, 3.8) is 0 Å². The smallest absolute Gasteiger partial charge is 0.0479 e. The third-order valence-corrected chi connectivity index (χ3v) is 7.45. The van der Waals surface area contributed by atoms with Crippen LogP contribution in [0.15, 0.2) is 78.9 Å². The fourth-order valence-electron chi connectivity index (χ4n) is 4.78. The van der Waals surface area contributed by atoms with Crippen molar-refractivity contribution in [1.82, 2.24) is 4.98 Å². The average Bonchev–Trinajstić information content (AvgIpc) is 3.30. The van der Waals surface area contributed by atoms with Crippen molar-refractivity contribution in [3.05, 3.63) is 83.9 Å². The zero-order valence-corrected chi connectivity index (χ0v) is 16.9. The molecule has 0 saturated heterocycles. The molecule has 3 heteroatoms. The Labute approximate surface area is 175 Å². The number of hydrogen-bond donors (Lipinski definition) is 1. The maximum Gasteiger partial charge on any atom is 0.0479 e. The van der Waals surface area contributed by atoms with Gasteiger partial charge in [0.25, 0.3) is 0 Å². The fourth-order valence-corrected chi connectivity index (χ4v) is 6.22. The molecule has 5 aromatic carbocycles. The molecule has 2 heterocycles. The van der Waals surface area contributed by atoms with E-state index in [1.165, 1.54) is 52.5 Å². The highest BCUT2D eigenvalue weighted by molar-refractivity contribution is 7.27. The molecule has 0 saturated carbocycles. The van der Waals surface area contributed by atoms with Gasteiger partial charge in [-0.15, -0.1) is 11.3 Å². The summed E-state index contributed by atoms with van der Waals surface area (Å²) in [5, 5.41) is 11.2. The van der Waals surface area contributed by atoms with Crippen molar-refractivity contribution >= 4 is 86.5 Å². The van der Waals surface area contributed by atoms with Gasteiger partial charge in [-0.05, 0) is 51.9 Å². The predicted molar refractivity (Wildman–Crippen MR) is 129 cm³/mol. The van der Waals surface area contributed by atoms with Crippen molar-refractivity contribution in [3.8, 4) is 0 Å². The highest BCUT2D eigenvalue weighted by Crippen LogP contribution is 2.45. The average molecular weight is 408 g/mol. The summed E-state index contributed by atoms with van der Waals surface area (Å²) in [6.07, 6.45) is 0. The van der Waals surface area contributed by atoms with E-state index in [1.807, 2.05) is 17.4 Å². The van der Waals surface area contributed by atoms with Crippen LogP contribution in [0.5, 0.6) is 0 Å². The summed E-state index contributed by atoms with van der Waals surface area (Å²) in [6, 6.07) is 28.2. The van der Waals surface area contributed by atoms with Gasteiger partial charge in [0.05, 0.1) is 0 Å². The van der Waals surface area contributed by atoms with E-state index >= 15 is 0 Å². The van der Waals surface area contributed by atoms with Crippen LogP contribution in [0.3, 0.4) is 0 Å². The first-order chi connectivity index (χ1) is 14.3. The van der Waals surface area contributed by atoms with Gasteiger partial charge in [0.15, 0.2) is 0 Å². The van der Waals surface area contributed by atoms with Crippen LogP contribution in [-0.4, -0.2) is 4.98 Å². The van der Waals surface area contributed by atoms with Crippen molar-refractivity contribution < 1.29 is 0 Å². The summed E-state index contributed by atoms with van der Waals surface area (Å²) in [6.45, 7) is 0. The molecule has 0 spiro atoms. The molecule has 136 valence electrons. The second-order valence-corrected chi connectivity index (χ2v) is 9.09. The highest BCUT2D eigenvalue weighted by atomic mass is 35.5. The molecule has 0 unspecified atom stereocenters. The number of fused-ring (bicyclic) bond motifs is 11. The summed E-state index contributed by atoms with van der Waals surface area (Å²) in [7, 11) is 0. The second kappa shape index (κ2) is 5.50. The number of rotatable bonds is 0. The lowest BCUT2D eigenvalue weighted by molar-refractivity contribution is 1.55. The van der Waals surface area contributed by atoms with Crippen LogP contribution in [0.2, 0.25) is 5.02 Å². The lowest BCUT2D eigenvalue weighted by atomic mass is 9.97. The van der Waals surface area contributed by atoms with E-state index in [2.05, 4.69) is 77.8 Å². The molecule has 0 amide bonds. The number of halogens is 1. The predicted octanol–water partition coefficient (Wildman–Crippen LogP) is 8.65. The van der Waals surface area contributed by atoms with E-state index in [0.29, 0.717) is 0 Å². The fraction of sp³-hybridized carbons (Fsp3) is 0. The molecule has 0 aliphatic carbocycles. The highest BCUT2D eigenvalue weighted by Gasteiger charge is 2.16. The van der Waals surface area contributed by atoms with Crippen molar-refractivity contribution in [2.75, 3.05) is 0 Å². The number of nitrogens with one attached hydrogen (secondary N) is 1. The maximum atomic E-state index is 6.34. The van der Waals surface area contributed by atoms with Crippen molar-refractivity contribution in [2.24, 2.45) is 0 Å². The molecule has 0 radical (unpaired) electrons. The summed E-state index contributed by atoms with van der Waals surface area (Å²) in [4.78, 5) is 3.56. The summed E-state index contributed by atoms with van der Waals surface area (Å²) in [5.41, 5.74) is 2.29. The van der Waals surface area contributed by atoms with Crippen LogP contribution in [0.1, 0.15) is 0 Å². The molecule has 7 rings (SSSR count). The van der Waals surface area contributed by atoms with Crippen LogP contribution < -0.4 is 0 Å². The Hall–Kier alpha value is -3.07. The molecule has 7 aromatic rings. The first kappa shape index (κ1) is 15.8. The van der Waals surface area contributed by atoms with Crippen LogP contribution in [0.4, 0.5) is 0 Å². The Bertz CT molecular complexity index is 1770. The van der Waals surface area contributed by atoms with E-state index in [9.17, 15) is 0 Å². The summed E-state index contributed by atoms with van der Waals surface area (Å²) in [5.74, 6) is 0. The lowest BCUT2D eigenvalue weighted by Gasteiger charge is -2.06. The zero-order chi connectivity index (χ0) is 19.1. The van der Waals surface area contributed by atoms with E-state index in [4.69, 9.17) is 11.6 Å². The lowest BCUT2D eigenvalue weighted by Crippen LogP contribution is -1.79. The number of hydrogen-bond acceptors (Lipinski definition) is 1. The monoisotopic (exact) mass is 407 g/mol. The van der Waals surface area contributed by atoms with Gasteiger partial charge in [0, 0.05) is 47.0 Å². The number of aromatic nitrogens is 1. The number of benzene rings is 5. The SMILES string of the molecule is Clc1ccc2[nH]c3ccc4c(sc5ccc6ccc7ccccc7c6c54)c3c2c1. The number of H-pyrrole nitrogens is 1. The minimum Gasteiger partial charge on any atom is -0.354 e. The molecule has 1 N–H and O–H groups in total. The van der Waals surface area contributed by atoms with Gasteiger partial charge in [-0.3, -0.25) is 0 Å². The first-order valence-electron chi connectivity index (χ1n) is 9.64. The maximum absolute atomic E-state index is 6.34. The molecule has 1 nitrogen and oxygen atoms in total. The van der Waals surface area contributed by atoms with Gasteiger partial charge >= 0.3 is 0 Å². The van der Waals surface area contributed by atoms with Crippen LogP contribution in [0.25, 0.3) is 63.5 Å². The van der Waals surface area contributed by atoms with E-state index < -0.39 is 0 Å². The van der Waals surface area contributed by atoms with E-state index in [-0.39, 0.29) is 0 Å². The minimum atomic E-state index is 0.771. The second-order valence-electron chi connectivity index (χ2n) is 7.61. The molecule has 0 aliphatic heterocycles. The Kier molecular flexibility index (Phi) is 3.00. The summed E-state index contributed by atoms with van der Waals surface area (Å²) >= 11 is 8.22. The molecule has 0 aliphatic rings. The van der Waals surface area contributed by atoms with Crippen molar-refractivity contribution in [1.29, 1.82) is 0 Å². The van der Waals surface area contributed by atoms with Gasteiger partial charge < -0.3 is 4.98 Å². The number of thiophene rings is 1. The van der Waals surface area contributed by atoms with Gasteiger partial charge in [0.1, 0.15) is 0 Å². The quantitative estimate of drug-likeness (QED) is 0.242. The normalized spacial score (nSPS) is 12.3. The third kappa shape index (κ3) is 2.05. The topological polar surface area (TPSA) is 15.8 Å². The Morgan fingerprint density at radius 1 is 0.621 bits per heavy atom. The Morgan fingerprint density at radius 2 is 1.45 bits per heavy atom. The minimum absolute atomic E-state index is 0.771. The third-order valence-electron chi connectivity index (χ3n) is 6.03. The molecule has 2 aromatic heterocycles. The van der Waals surface area contributed by atoms with E-state index in [1.54, 1.807) is 0 Å². The van der Waals surface area contributed by atoms with Gasteiger partial charge in [0.2, 0.25) is 0 Å². The summed E-state index contributed by atoms with van der Waals surface area (Å²) < 4.78 is 2.65. The Balaban J connectivity index is 1.78. The van der Waals surface area contributed by atoms with Gasteiger partial charge in [-0.2, -0.15) is 0 Å². The molecule has 0 bridgehead atoms. The molecule has 29 heavy (non-hydrogen) atoms. The Morgan fingerprint density at radius 3 is 2.41 bits per heavy atom. The van der Waals surface area contributed by atoms with E-state index in [0.717, 1.165) is 16.1 Å². The van der Waals surface area contributed by atoms with Gasteiger partial charge in [-0.1, -0.05) is 60.1 Å². The van der Waals surface area contributed by atoms with Crippen LogP contribution in [0, 0.1) is 0 Å². The zero-order valence-electron chi connectivity index (χ0n) is 15.3. The molecular weight excluding hydrogens is 394 g/mol. The van der Waals surface area contributed by atoms with Crippen molar-refractivity contribution in [2.45, 2.75) is 0 Å². The standard InChI is InChI=1S/C26H14ClNS/c27-16-8-10-20-19(13-16)24-21(28-20)11-9-18-25-22(29-26(18)24)12-7-15-6-5-14-3-1-2-4-17(14)23(15)25/h1-13,28H. The molecular formula is C26H14ClNS. The van der Waals surface area contributed by atoms with Crippen LogP contribution in [-0.2, 0) is 0 Å². The molecule has 0 atom stereocenters.